The number of rotatable bonds is 7. The van der Waals surface area contributed by atoms with Gasteiger partial charge in [0.1, 0.15) is 24.1 Å². The van der Waals surface area contributed by atoms with Gasteiger partial charge in [0.2, 0.25) is 11.8 Å². The Morgan fingerprint density at radius 1 is 1.23 bits per heavy atom. The molecule has 0 radical (unpaired) electrons. The SMILES string of the molecule is Cn1cc(-c2c(-c3c(C(F)F)nn4c3OC[C@@H](NC(=O)OC3CCOC3)C4)[nH]c3ncccc23)c(OC(F)F)n1. The van der Waals surface area contributed by atoms with Crippen LogP contribution in [0.5, 0.6) is 11.8 Å². The zero-order chi connectivity index (χ0) is 28.0. The molecule has 12 nitrogen and oxygen atoms in total. The number of H-pyrrole nitrogens is 1. The largest absolute Gasteiger partial charge is 0.475 e. The topological polar surface area (TPSA) is 130 Å². The van der Waals surface area contributed by atoms with Gasteiger partial charge in [0.25, 0.3) is 6.43 Å². The van der Waals surface area contributed by atoms with E-state index in [9.17, 15) is 22.4 Å². The summed E-state index contributed by atoms with van der Waals surface area (Å²) in [4.78, 5) is 19.6. The van der Waals surface area contributed by atoms with E-state index < -0.39 is 30.9 Å². The molecule has 0 spiro atoms. The molecule has 2 aliphatic rings. The first-order chi connectivity index (χ1) is 19.3. The van der Waals surface area contributed by atoms with E-state index in [1.54, 1.807) is 12.1 Å². The molecule has 6 heterocycles. The van der Waals surface area contributed by atoms with E-state index in [2.05, 4.69) is 30.2 Å². The molecule has 0 bridgehead atoms. The molecule has 0 saturated carbocycles. The maximum absolute atomic E-state index is 14.4. The predicted octanol–water partition coefficient (Wildman–Crippen LogP) is 3.64. The number of nitrogens with one attached hydrogen (secondary N) is 2. The van der Waals surface area contributed by atoms with Crippen molar-refractivity contribution in [3.05, 3.63) is 30.2 Å². The highest BCUT2D eigenvalue weighted by Crippen LogP contribution is 2.47. The lowest BCUT2D eigenvalue weighted by molar-refractivity contribution is -0.0527. The minimum Gasteiger partial charge on any atom is -0.475 e. The van der Waals surface area contributed by atoms with Crippen molar-refractivity contribution in [2.24, 2.45) is 7.05 Å². The molecule has 2 N–H and O–H groups in total. The molecule has 16 heteroatoms. The van der Waals surface area contributed by atoms with Crippen LogP contribution in [0.1, 0.15) is 18.5 Å². The van der Waals surface area contributed by atoms with Gasteiger partial charge in [0.05, 0.1) is 42.6 Å². The van der Waals surface area contributed by atoms with Crippen molar-refractivity contribution in [2.45, 2.75) is 38.1 Å². The molecule has 0 aromatic carbocycles. The van der Waals surface area contributed by atoms with Crippen molar-refractivity contribution in [3.63, 3.8) is 0 Å². The average molecular weight is 565 g/mol. The number of aromatic nitrogens is 6. The number of aryl methyl sites for hydroxylation is 1. The highest BCUT2D eigenvalue weighted by molar-refractivity contribution is 6.04. The fourth-order valence-corrected chi connectivity index (χ4v) is 4.91. The van der Waals surface area contributed by atoms with Crippen molar-refractivity contribution in [3.8, 4) is 34.1 Å². The third kappa shape index (κ3) is 4.78. The lowest BCUT2D eigenvalue weighted by Crippen LogP contribution is -2.46. The number of halogens is 4. The standard InChI is InChI=1S/C24H23F4N7O5/c1-34-8-14(21(33-34)40-23(27)28)15-13-3-2-5-29-20(13)31-17(15)16-18(19(25)26)32-35-7-11(9-38-22(16)35)30-24(36)39-12-4-6-37-10-12/h2-3,5,8,11-12,19,23H,4,6-7,9-10H2,1H3,(H,29,31)(H,30,36)/t11-,12?/m0/s1. The first-order valence-corrected chi connectivity index (χ1v) is 12.3. The van der Waals surface area contributed by atoms with Gasteiger partial charge in [-0.2, -0.15) is 13.9 Å². The number of ether oxygens (including phenoxy) is 4. The Morgan fingerprint density at radius 2 is 2.08 bits per heavy atom. The summed E-state index contributed by atoms with van der Waals surface area (Å²) in [6.45, 7) is -2.40. The van der Waals surface area contributed by atoms with Gasteiger partial charge in [-0.25, -0.2) is 23.2 Å². The van der Waals surface area contributed by atoms with Crippen molar-refractivity contribution >= 4 is 17.1 Å². The number of aromatic amines is 1. The number of hydrogen-bond donors (Lipinski definition) is 2. The van der Waals surface area contributed by atoms with Crippen LogP contribution in [0.25, 0.3) is 33.4 Å². The lowest BCUT2D eigenvalue weighted by atomic mass is 10.0. The molecular formula is C24H23F4N7O5. The van der Waals surface area contributed by atoms with Crippen LogP contribution in [0.15, 0.2) is 24.5 Å². The molecule has 1 fully saturated rings. The van der Waals surface area contributed by atoms with Crippen LogP contribution in [0.3, 0.4) is 0 Å². The average Bonchev–Trinajstić information content (AvgIpc) is 3.68. The molecule has 1 unspecified atom stereocenters. The molecule has 6 rings (SSSR count). The number of fused-ring (bicyclic) bond motifs is 2. The zero-order valence-corrected chi connectivity index (χ0v) is 20.9. The lowest BCUT2D eigenvalue weighted by Gasteiger charge is -2.25. The number of nitrogens with zero attached hydrogens (tertiary/aromatic N) is 5. The first-order valence-electron chi connectivity index (χ1n) is 12.3. The monoisotopic (exact) mass is 565 g/mol. The third-order valence-corrected chi connectivity index (χ3v) is 6.52. The summed E-state index contributed by atoms with van der Waals surface area (Å²) in [6.07, 6.45) is -0.535. The maximum Gasteiger partial charge on any atom is 0.407 e. The van der Waals surface area contributed by atoms with Crippen LogP contribution >= 0.6 is 0 Å². The minimum absolute atomic E-state index is 0.0129. The van der Waals surface area contributed by atoms with Crippen LogP contribution in [0.4, 0.5) is 22.4 Å². The number of amides is 1. The van der Waals surface area contributed by atoms with Crippen LogP contribution in [-0.4, -0.2) is 74.2 Å². The van der Waals surface area contributed by atoms with Crippen molar-refractivity contribution in [1.82, 2.24) is 34.8 Å². The number of pyridine rings is 1. The third-order valence-electron chi connectivity index (χ3n) is 6.52. The maximum atomic E-state index is 14.4. The van der Waals surface area contributed by atoms with E-state index in [1.807, 2.05) is 0 Å². The van der Waals surface area contributed by atoms with Crippen molar-refractivity contribution in [2.75, 3.05) is 19.8 Å². The molecule has 40 heavy (non-hydrogen) atoms. The van der Waals surface area contributed by atoms with Gasteiger partial charge in [0.15, 0.2) is 0 Å². The van der Waals surface area contributed by atoms with E-state index in [-0.39, 0.29) is 53.4 Å². The smallest absolute Gasteiger partial charge is 0.407 e. The zero-order valence-electron chi connectivity index (χ0n) is 20.9. The molecule has 2 atom stereocenters. The van der Waals surface area contributed by atoms with Crippen molar-refractivity contribution in [1.29, 1.82) is 0 Å². The summed E-state index contributed by atoms with van der Waals surface area (Å²) >= 11 is 0. The molecule has 1 saturated heterocycles. The summed E-state index contributed by atoms with van der Waals surface area (Å²) in [5, 5.41) is 11.2. The number of carbonyl (C=O) groups is 1. The highest BCUT2D eigenvalue weighted by Gasteiger charge is 2.35. The Hall–Kier alpha value is -4.34. The first kappa shape index (κ1) is 25.9. The molecule has 212 valence electrons. The quantitative estimate of drug-likeness (QED) is 0.325. The molecule has 0 aliphatic carbocycles. The summed E-state index contributed by atoms with van der Waals surface area (Å²) in [6, 6.07) is 2.67. The molecule has 1 amide bonds. The summed E-state index contributed by atoms with van der Waals surface area (Å²) < 4.78 is 78.7. The van der Waals surface area contributed by atoms with Gasteiger partial charge in [-0.15, -0.1) is 5.10 Å². The second-order valence-corrected chi connectivity index (χ2v) is 9.27. The van der Waals surface area contributed by atoms with E-state index in [1.165, 1.54) is 28.8 Å². The fraction of sp³-hybridized carbons (Fsp3) is 0.417. The number of hydrogen-bond acceptors (Lipinski definition) is 8. The second-order valence-electron chi connectivity index (χ2n) is 9.27. The van der Waals surface area contributed by atoms with Crippen LogP contribution < -0.4 is 14.8 Å². The Bertz CT molecular complexity index is 1550. The summed E-state index contributed by atoms with van der Waals surface area (Å²) in [7, 11) is 1.52. The Morgan fingerprint density at radius 3 is 2.83 bits per heavy atom. The minimum atomic E-state index is -3.17. The van der Waals surface area contributed by atoms with E-state index in [0.29, 0.717) is 30.7 Å². The number of carbonyl (C=O) groups excluding carboxylic acids is 1. The molecule has 4 aromatic heterocycles. The molecular weight excluding hydrogens is 542 g/mol. The van der Waals surface area contributed by atoms with Crippen LogP contribution in [-0.2, 0) is 23.1 Å². The van der Waals surface area contributed by atoms with Gasteiger partial charge in [-0.3, -0.25) is 4.68 Å². The number of alkyl halides is 4. The molecule has 2 aliphatic heterocycles. The normalized spacial score (nSPS) is 18.8. The van der Waals surface area contributed by atoms with Gasteiger partial charge in [-0.05, 0) is 12.1 Å². The Kier molecular flexibility index (Phi) is 6.69. The van der Waals surface area contributed by atoms with Crippen LogP contribution in [0.2, 0.25) is 0 Å². The van der Waals surface area contributed by atoms with Gasteiger partial charge in [-0.1, -0.05) is 0 Å². The Labute approximate surface area is 223 Å². The van der Waals surface area contributed by atoms with Gasteiger partial charge >= 0.3 is 12.7 Å². The van der Waals surface area contributed by atoms with E-state index in [4.69, 9.17) is 14.2 Å². The molecule has 4 aromatic rings. The van der Waals surface area contributed by atoms with E-state index >= 15 is 0 Å². The fourth-order valence-electron chi connectivity index (χ4n) is 4.91. The van der Waals surface area contributed by atoms with Gasteiger partial charge < -0.3 is 29.2 Å². The van der Waals surface area contributed by atoms with E-state index in [0.717, 1.165) is 0 Å². The summed E-state index contributed by atoms with van der Waals surface area (Å²) in [5.74, 6) is -0.376. The summed E-state index contributed by atoms with van der Waals surface area (Å²) in [5.41, 5.74) is 0.147. The van der Waals surface area contributed by atoms with Crippen LogP contribution in [0, 0.1) is 0 Å². The number of alkyl carbamates (subject to hydrolysis) is 1. The van der Waals surface area contributed by atoms with Gasteiger partial charge in [0, 0.05) is 36.8 Å². The predicted molar refractivity (Wildman–Crippen MR) is 129 cm³/mol. The second kappa shape index (κ2) is 10.3. The highest BCUT2D eigenvalue weighted by atomic mass is 19.3. The Balaban J connectivity index is 1.41. The van der Waals surface area contributed by atoms with Crippen molar-refractivity contribution < 1.29 is 41.3 Å².